The minimum absolute atomic E-state index is 0.0344. The summed E-state index contributed by atoms with van der Waals surface area (Å²) >= 11 is 1.65. The van der Waals surface area contributed by atoms with Gasteiger partial charge in [0.25, 0.3) is 0 Å². The Hall–Kier alpha value is -2.99. The predicted molar refractivity (Wildman–Crippen MR) is 104 cm³/mol. The van der Waals surface area contributed by atoms with E-state index in [0.717, 1.165) is 27.0 Å². The Morgan fingerprint density at radius 2 is 2.04 bits per heavy atom. The number of nitrogens with one attached hydrogen (secondary N) is 1. The monoisotopic (exact) mass is 362 g/mol. The SMILES string of the molecule is C[C@@H](NC(=O)Cn1ccc2ccnc(-c3cccs3)c21)c1ccncc1. The van der Waals surface area contributed by atoms with Crippen LogP contribution in [0.3, 0.4) is 0 Å². The van der Waals surface area contributed by atoms with Crippen molar-refractivity contribution in [3.05, 3.63) is 72.1 Å². The van der Waals surface area contributed by atoms with Crippen molar-refractivity contribution in [3.8, 4) is 10.6 Å². The summed E-state index contributed by atoms with van der Waals surface area (Å²) in [6.45, 7) is 2.22. The van der Waals surface area contributed by atoms with Crippen LogP contribution in [0.2, 0.25) is 0 Å². The molecule has 1 amide bonds. The molecule has 26 heavy (non-hydrogen) atoms. The molecule has 0 radical (unpaired) electrons. The fraction of sp³-hybridized carbons (Fsp3) is 0.150. The molecule has 0 aliphatic heterocycles. The fourth-order valence-corrected chi connectivity index (χ4v) is 3.77. The molecule has 0 aliphatic rings. The van der Waals surface area contributed by atoms with Crippen LogP contribution in [0, 0.1) is 0 Å². The van der Waals surface area contributed by atoms with Crippen LogP contribution in [0.4, 0.5) is 0 Å². The average molecular weight is 362 g/mol. The van der Waals surface area contributed by atoms with Crippen LogP contribution >= 0.6 is 11.3 Å². The summed E-state index contributed by atoms with van der Waals surface area (Å²) in [6.07, 6.45) is 7.22. The van der Waals surface area contributed by atoms with Crippen molar-refractivity contribution in [2.45, 2.75) is 19.5 Å². The highest BCUT2D eigenvalue weighted by Crippen LogP contribution is 2.30. The number of rotatable bonds is 5. The highest BCUT2D eigenvalue weighted by atomic mass is 32.1. The van der Waals surface area contributed by atoms with E-state index in [9.17, 15) is 4.79 Å². The quantitative estimate of drug-likeness (QED) is 0.583. The first kappa shape index (κ1) is 16.5. The zero-order valence-electron chi connectivity index (χ0n) is 14.3. The molecule has 0 aliphatic carbocycles. The van der Waals surface area contributed by atoms with Crippen LogP contribution in [0.5, 0.6) is 0 Å². The van der Waals surface area contributed by atoms with Crippen LogP contribution in [-0.2, 0) is 11.3 Å². The molecule has 4 aromatic rings. The van der Waals surface area contributed by atoms with E-state index in [1.54, 1.807) is 23.7 Å². The molecule has 4 heterocycles. The average Bonchev–Trinajstić information content (AvgIpc) is 3.33. The molecule has 1 atom stereocenters. The summed E-state index contributed by atoms with van der Waals surface area (Å²) in [6, 6.07) is 11.8. The zero-order chi connectivity index (χ0) is 17.9. The second kappa shape index (κ2) is 7.09. The molecule has 0 fully saturated rings. The van der Waals surface area contributed by atoms with Crippen molar-refractivity contribution in [1.29, 1.82) is 0 Å². The standard InChI is InChI=1S/C20H18N4OS/c1-14(15-4-8-21-9-5-15)23-18(25)13-24-11-7-16-6-10-22-19(20(16)24)17-3-2-12-26-17/h2-12,14H,13H2,1H3,(H,23,25)/t14-/m1/s1. The van der Waals surface area contributed by atoms with Crippen molar-refractivity contribution in [3.63, 3.8) is 0 Å². The van der Waals surface area contributed by atoms with Gasteiger partial charge in [-0.2, -0.15) is 0 Å². The highest BCUT2D eigenvalue weighted by Gasteiger charge is 2.14. The Bertz CT molecular complexity index is 1020. The van der Waals surface area contributed by atoms with E-state index in [-0.39, 0.29) is 18.5 Å². The van der Waals surface area contributed by atoms with E-state index in [4.69, 9.17) is 0 Å². The number of hydrogen-bond acceptors (Lipinski definition) is 4. The van der Waals surface area contributed by atoms with Crippen molar-refractivity contribution < 1.29 is 4.79 Å². The normalized spacial score (nSPS) is 12.2. The maximum absolute atomic E-state index is 12.6. The van der Waals surface area contributed by atoms with E-state index in [2.05, 4.69) is 21.4 Å². The number of amides is 1. The first-order valence-electron chi connectivity index (χ1n) is 8.39. The van der Waals surface area contributed by atoms with Gasteiger partial charge in [-0.15, -0.1) is 11.3 Å². The summed E-state index contributed by atoms with van der Waals surface area (Å²) < 4.78 is 1.96. The topological polar surface area (TPSA) is 59.8 Å². The molecule has 1 N–H and O–H groups in total. The van der Waals surface area contributed by atoms with Gasteiger partial charge in [0.05, 0.1) is 16.4 Å². The lowest BCUT2D eigenvalue weighted by molar-refractivity contribution is -0.122. The third-order valence-corrected chi connectivity index (χ3v) is 5.21. The predicted octanol–water partition coefficient (Wildman–Crippen LogP) is 4.04. The molecule has 0 spiro atoms. The number of carbonyl (C=O) groups excluding carboxylic acids is 1. The molecular formula is C20H18N4OS. The molecule has 0 saturated carbocycles. The first-order valence-corrected chi connectivity index (χ1v) is 9.27. The third kappa shape index (κ3) is 3.23. The first-order chi connectivity index (χ1) is 12.7. The van der Waals surface area contributed by atoms with Crippen LogP contribution < -0.4 is 5.32 Å². The van der Waals surface area contributed by atoms with E-state index in [0.29, 0.717) is 0 Å². The van der Waals surface area contributed by atoms with Crippen molar-refractivity contribution >= 4 is 28.1 Å². The van der Waals surface area contributed by atoms with Gasteiger partial charge in [0.2, 0.25) is 5.91 Å². The van der Waals surface area contributed by atoms with Gasteiger partial charge in [-0.05, 0) is 48.2 Å². The van der Waals surface area contributed by atoms with Gasteiger partial charge in [-0.25, -0.2) is 0 Å². The van der Waals surface area contributed by atoms with Crippen LogP contribution in [0.15, 0.2) is 66.6 Å². The van der Waals surface area contributed by atoms with E-state index < -0.39 is 0 Å². The smallest absolute Gasteiger partial charge is 0.240 e. The number of thiophene rings is 1. The van der Waals surface area contributed by atoms with E-state index in [1.807, 2.05) is 59.6 Å². The lowest BCUT2D eigenvalue weighted by Crippen LogP contribution is -2.30. The second-order valence-electron chi connectivity index (χ2n) is 6.09. The minimum Gasteiger partial charge on any atom is -0.348 e. The Morgan fingerprint density at radius 1 is 1.19 bits per heavy atom. The van der Waals surface area contributed by atoms with Gasteiger partial charge in [-0.3, -0.25) is 14.8 Å². The van der Waals surface area contributed by atoms with Gasteiger partial charge in [-0.1, -0.05) is 6.07 Å². The maximum Gasteiger partial charge on any atom is 0.240 e. The third-order valence-electron chi connectivity index (χ3n) is 4.33. The minimum atomic E-state index is -0.0674. The molecule has 4 rings (SSSR count). The lowest BCUT2D eigenvalue weighted by Gasteiger charge is -2.15. The van der Waals surface area contributed by atoms with Gasteiger partial charge < -0.3 is 9.88 Å². The lowest BCUT2D eigenvalue weighted by atomic mass is 10.1. The van der Waals surface area contributed by atoms with Crippen LogP contribution in [0.25, 0.3) is 21.5 Å². The van der Waals surface area contributed by atoms with Gasteiger partial charge in [0.1, 0.15) is 12.2 Å². The molecule has 4 aromatic heterocycles. The number of hydrogen-bond donors (Lipinski definition) is 1. The molecule has 130 valence electrons. The molecule has 0 bridgehead atoms. The molecule has 0 aromatic carbocycles. The summed E-state index contributed by atoms with van der Waals surface area (Å²) in [4.78, 5) is 22.2. The highest BCUT2D eigenvalue weighted by molar-refractivity contribution is 7.13. The number of aromatic nitrogens is 3. The van der Waals surface area contributed by atoms with Gasteiger partial charge in [0, 0.05) is 30.2 Å². The van der Waals surface area contributed by atoms with Crippen molar-refractivity contribution in [2.75, 3.05) is 0 Å². The molecule has 6 heteroatoms. The molecule has 5 nitrogen and oxygen atoms in total. The molecular weight excluding hydrogens is 344 g/mol. The van der Waals surface area contributed by atoms with E-state index in [1.165, 1.54) is 0 Å². The summed E-state index contributed by atoms with van der Waals surface area (Å²) in [5.41, 5.74) is 2.94. The Labute approximate surface area is 155 Å². The van der Waals surface area contributed by atoms with Crippen molar-refractivity contribution in [1.82, 2.24) is 19.9 Å². The fourth-order valence-electron chi connectivity index (χ4n) is 3.05. The number of nitrogens with zero attached hydrogens (tertiary/aromatic N) is 3. The Morgan fingerprint density at radius 3 is 2.81 bits per heavy atom. The molecule has 0 unspecified atom stereocenters. The Kier molecular flexibility index (Phi) is 4.50. The van der Waals surface area contributed by atoms with Crippen molar-refractivity contribution in [2.24, 2.45) is 0 Å². The summed E-state index contributed by atoms with van der Waals surface area (Å²) in [7, 11) is 0. The van der Waals surface area contributed by atoms with Crippen LogP contribution in [0.1, 0.15) is 18.5 Å². The number of carbonyl (C=O) groups is 1. The maximum atomic E-state index is 12.6. The van der Waals surface area contributed by atoms with Crippen LogP contribution in [-0.4, -0.2) is 20.4 Å². The zero-order valence-corrected chi connectivity index (χ0v) is 15.1. The van der Waals surface area contributed by atoms with Gasteiger partial charge in [0.15, 0.2) is 0 Å². The van der Waals surface area contributed by atoms with Gasteiger partial charge >= 0.3 is 0 Å². The largest absolute Gasteiger partial charge is 0.348 e. The molecule has 0 saturated heterocycles. The summed E-state index contributed by atoms with van der Waals surface area (Å²) in [5.74, 6) is -0.0344. The number of pyridine rings is 2. The van der Waals surface area contributed by atoms with E-state index >= 15 is 0 Å². The summed E-state index contributed by atoms with van der Waals surface area (Å²) in [5, 5.41) is 6.16. The Balaban J connectivity index is 1.59. The number of fused-ring (bicyclic) bond motifs is 1. The second-order valence-corrected chi connectivity index (χ2v) is 7.04.